The number of para-hydroxylation sites is 1. The van der Waals surface area contributed by atoms with Gasteiger partial charge < -0.3 is 8.83 Å². The average Bonchev–Trinajstić information content (AvgIpc) is 3.82. The molecule has 0 atom stereocenters. The van der Waals surface area contributed by atoms with Gasteiger partial charge >= 0.3 is 0 Å². The Balaban J connectivity index is 1.14. The maximum atomic E-state index is 6.51. The van der Waals surface area contributed by atoms with Crippen LogP contribution in [0.25, 0.3) is 111 Å². The maximum absolute atomic E-state index is 6.51. The molecule has 5 heteroatoms. The quantitative estimate of drug-likeness (QED) is 0.180. The second-order valence-corrected chi connectivity index (χ2v) is 13.6. The van der Waals surface area contributed by atoms with Gasteiger partial charge in [-0.15, -0.1) is 0 Å². The van der Waals surface area contributed by atoms with E-state index in [9.17, 15) is 0 Å². The Bertz CT molecular complexity index is 3220. The summed E-state index contributed by atoms with van der Waals surface area (Å²) in [7, 11) is 0. The Kier molecular flexibility index (Phi) is 6.79. The second kappa shape index (κ2) is 12.1. The van der Waals surface area contributed by atoms with Gasteiger partial charge in [-0.1, -0.05) is 133 Å². The molecule has 0 spiro atoms. The van der Waals surface area contributed by atoms with Crippen LogP contribution in [-0.4, -0.2) is 15.0 Å². The summed E-state index contributed by atoms with van der Waals surface area (Å²) in [6.07, 6.45) is 0. The molecule has 252 valence electrons. The first kappa shape index (κ1) is 30.3. The predicted molar refractivity (Wildman–Crippen MR) is 219 cm³/mol. The standard InChI is InChI=1S/C49H29N3O2/c1-3-11-30(12-4-1)33-23-21-32-22-24-35(28-36(32)27-33)47-50-48(39-16-9-19-42-45(39)37-15-7-8-18-41(37)53-42)52-49(51-47)40-17-10-20-43-46(40)38-26-25-34(29-44(38)54-43)31-13-5-2-6-14-31/h1-29H. The third-order valence-corrected chi connectivity index (χ3v) is 10.3. The molecule has 0 amide bonds. The summed E-state index contributed by atoms with van der Waals surface area (Å²) in [5, 5.41) is 6.22. The van der Waals surface area contributed by atoms with E-state index < -0.39 is 0 Å². The van der Waals surface area contributed by atoms with Crippen LogP contribution in [0, 0.1) is 0 Å². The van der Waals surface area contributed by atoms with Gasteiger partial charge in [-0.2, -0.15) is 0 Å². The SMILES string of the molecule is c1ccc(-c2ccc3ccc(-c4nc(-c5cccc6oc7ccccc7c56)nc(-c5cccc6oc7cc(-c8ccccc8)ccc7c56)n4)cc3c2)cc1. The Morgan fingerprint density at radius 3 is 1.48 bits per heavy atom. The summed E-state index contributed by atoms with van der Waals surface area (Å²) < 4.78 is 12.8. The van der Waals surface area contributed by atoms with Crippen molar-refractivity contribution >= 4 is 54.6 Å². The number of fused-ring (bicyclic) bond motifs is 7. The number of hydrogen-bond acceptors (Lipinski definition) is 5. The number of benzene rings is 8. The van der Waals surface area contributed by atoms with Gasteiger partial charge in [-0.05, 0) is 75.5 Å². The van der Waals surface area contributed by atoms with Gasteiger partial charge in [0.25, 0.3) is 0 Å². The van der Waals surface area contributed by atoms with Crippen LogP contribution < -0.4 is 0 Å². The molecule has 0 radical (unpaired) electrons. The number of rotatable bonds is 5. The van der Waals surface area contributed by atoms with Gasteiger partial charge in [-0.3, -0.25) is 0 Å². The maximum Gasteiger partial charge on any atom is 0.164 e. The first-order chi connectivity index (χ1) is 26.7. The van der Waals surface area contributed by atoms with Gasteiger partial charge in [0.1, 0.15) is 22.3 Å². The first-order valence-electron chi connectivity index (χ1n) is 18.0. The van der Waals surface area contributed by atoms with E-state index in [2.05, 4.69) is 121 Å². The highest BCUT2D eigenvalue weighted by molar-refractivity contribution is 6.13. The molecule has 5 nitrogen and oxygen atoms in total. The second-order valence-electron chi connectivity index (χ2n) is 13.6. The van der Waals surface area contributed by atoms with Crippen LogP contribution in [0.4, 0.5) is 0 Å². The van der Waals surface area contributed by atoms with Gasteiger partial charge in [0.15, 0.2) is 17.5 Å². The average molecular weight is 692 g/mol. The van der Waals surface area contributed by atoms with E-state index in [-0.39, 0.29) is 0 Å². The van der Waals surface area contributed by atoms with E-state index in [0.717, 1.165) is 88.0 Å². The molecular formula is C49H29N3O2. The third-order valence-electron chi connectivity index (χ3n) is 10.3. The lowest BCUT2D eigenvalue weighted by atomic mass is 9.99. The van der Waals surface area contributed by atoms with E-state index in [1.165, 1.54) is 5.56 Å². The number of hydrogen-bond donors (Lipinski definition) is 0. The molecule has 11 aromatic rings. The summed E-state index contributed by atoms with van der Waals surface area (Å²) in [6, 6.07) is 60.5. The third kappa shape index (κ3) is 4.98. The minimum Gasteiger partial charge on any atom is -0.456 e. The van der Waals surface area contributed by atoms with Crippen molar-refractivity contribution in [2.75, 3.05) is 0 Å². The van der Waals surface area contributed by atoms with Crippen molar-refractivity contribution in [2.45, 2.75) is 0 Å². The zero-order valence-electron chi connectivity index (χ0n) is 28.9. The number of aromatic nitrogens is 3. The summed E-state index contributed by atoms with van der Waals surface area (Å²) in [6.45, 7) is 0. The number of furan rings is 2. The molecule has 0 saturated heterocycles. The highest BCUT2D eigenvalue weighted by Gasteiger charge is 2.21. The topological polar surface area (TPSA) is 65.0 Å². The highest BCUT2D eigenvalue weighted by atomic mass is 16.3. The van der Waals surface area contributed by atoms with Crippen LogP contribution in [0.1, 0.15) is 0 Å². The summed E-state index contributed by atoms with van der Waals surface area (Å²) in [4.78, 5) is 15.7. The van der Waals surface area contributed by atoms with E-state index in [0.29, 0.717) is 17.5 Å². The highest BCUT2D eigenvalue weighted by Crippen LogP contribution is 2.40. The molecule has 8 aromatic carbocycles. The van der Waals surface area contributed by atoms with E-state index in [4.69, 9.17) is 23.8 Å². The van der Waals surface area contributed by atoms with Crippen LogP contribution in [-0.2, 0) is 0 Å². The monoisotopic (exact) mass is 691 g/mol. The van der Waals surface area contributed by atoms with Crippen molar-refractivity contribution in [2.24, 2.45) is 0 Å². The zero-order chi connectivity index (χ0) is 35.6. The molecule has 0 unspecified atom stereocenters. The summed E-state index contributed by atoms with van der Waals surface area (Å²) >= 11 is 0. The summed E-state index contributed by atoms with van der Waals surface area (Å²) in [5.41, 5.74) is 10.4. The van der Waals surface area contributed by atoms with E-state index in [1.54, 1.807) is 0 Å². The van der Waals surface area contributed by atoms with Crippen LogP contribution in [0.5, 0.6) is 0 Å². The Labute approximate surface area is 309 Å². The fourth-order valence-corrected chi connectivity index (χ4v) is 7.73. The van der Waals surface area contributed by atoms with E-state index >= 15 is 0 Å². The molecular weight excluding hydrogens is 663 g/mol. The minimum absolute atomic E-state index is 0.568. The van der Waals surface area contributed by atoms with Crippen molar-refractivity contribution in [1.82, 2.24) is 15.0 Å². The molecule has 0 bridgehead atoms. The molecule has 0 aliphatic carbocycles. The molecule has 0 saturated carbocycles. The Morgan fingerprint density at radius 1 is 0.296 bits per heavy atom. The van der Waals surface area contributed by atoms with Crippen LogP contribution in [0.3, 0.4) is 0 Å². The van der Waals surface area contributed by atoms with Gasteiger partial charge in [0.05, 0.1) is 0 Å². The lowest BCUT2D eigenvalue weighted by Gasteiger charge is -2.11. The van der Waals surface area contributed by atoms with E-state index in [1.807, 2.05) is 54.6 Å². The van der Waals surface area contributed by atoms with Crippen LogP contribution >= 0.6 is 0 Å². The Hall–Kier alpha value is -7.37. The molecule has 0 aliphatic heterocycles. The molecule has 54 heavy (non-hydrogen) atoms. The predicted octanol–water partition coefficient (Wildman–Crippen LogP) is 13.2. The molecule has 3 aromatic heterocycles. The van der Waals surface area contributed by atoms with Gasteiger partial charge in [-0.25, -0.2) is 15.0 Å². The van der Waals surface area contributed by atoms with Crippen LogP contribution in [0.15, 0.2) is 185 Å². The van der Waals surface area contributed by atoms with Crippen molar-refractivity contribution in [1.29, 1.82) is 0 Å². The fraction of sp³-hybridized carbons (Fsp3) is 0. The lowest BCUT2D eigenvalue weighted by molar-refractivity contribution is 0.668. The minimum atomic E-state index is 0.568. The van der Waals surface area contributed by atoms with Gasteiger partial charge in [0, 0.05) is 38.2 Å². The number of nitrogens with zero attached hydrogens (tertiary/aromatic N) is 3. The normalized spacial score (nSPS) is 11.7. The van der Waals surface area contributed by atoms with Crippen LogP contribution in [0.2, 0.25) is 0 Å². The molecule has 3 heterocycles. The van der Waals surface area contributed by atoms with Crippen molar-refractivity contribution in [3.8, 4) is 56.4 Å². The Morgan fingerprint density at radius 2 is 0.796 bits per heavy atom. The summed E-state index contributed by atoms with van der Waals surface area (Å²) in [5.74, 6) is 1.72. The lowest BCUT2D eigenvalue weighted by Crippen LogP contribution is -2.00. The zero-order valence-corrected chi connectivity index (χ0v) is 28.9. The largest absolute Gasteiger partial charge is 0.456 e. The molecule has 0 fully saturated rings. The molecule has 0 aliphatic rings. The van der Waals surface area contributed by atoms with Gasteiger partial charge in [0.2, 0.25) is 0 Å². The molecule has 0 N–H and O–H groups in total. The molecule has 11 rings (SSSR count). The van der Waals surface area contributed by atoms with Crippen molar-refractivity contribution in [3.63, 3.8) is 0 Å². The first-order valence-corrected chi connectivity index (χ1v) is 18.0. The fourth-order valence-electron chi connectivity index (χ4n) is 7.73. The smallest absolute Gasteiger partial charge is 0.164 e. The van der Waals surface area contributed by atoms with Crippen molar-refractivity contribution < 1.29 is 8.83 Å². The van der Waals surface area contributed by atoms with Crippen molar-refractivity contribution in [3.05, 3.63) is 176 Å².